The van der Waals surface area contributed by atoms with Crippen LogP contribution >= 0.6 is 27.7 Å². The number of benzene rings is 2. The summed E-state index contributed by atoms with van der Waals surface area (Å²) in [5.41, 5.74) is 1.76. The fourth-order valence-electron chi connectivity index (χ4n) is 2.48. The summed E-state index contributed by atoms with van der Waals surface area (Å²) in [6, 6.07) is 11.8. The summed E-state index contributed by atoms with van der Waals surface area (Å²) < 4.78 is 2.54. The SMILES string of the molecule is CC(=O)c1ccc(NC(=O)CSc2nnc(-c3cc(Br)ccc3O)n2C)cc1. The molecule has 1 heterocycles. The monoisotopic (exact) mass is 460 g/mol. The number of amides is 1. The van der Waals surface area contributed by atoms with Gasteiger partial charge in [0.15, 0.2) is 16.8 Å². The van der Waals surface area contributed by atoms with E-state index in [9.17, 15) is 14.7 Å². The molecule has 0 aliphatic rings. The summed E-state index contributed by atoms with van der Waals surface area (Å²) in [5, 5.41) is 21.6. The van der Waals surface area contributed by atoms with Gasteiger partial charge in [0.05, 0.1) is 11.3 Å². The van der Waals surface area contributed by atoms with Crippen LogP contribution in [-0.2, 0) is 11.8 Å². The predicted octanol–water partition coefficient (Wildman–Crippen LogP) is 3.88. The number of Topliss-reactive ketones (excluding diaryl/α,β-unsaturated/α-hetero) is 1. The van der Waals surface area contributed by atoms with Gasteiger partial charge in [0.25, 0.3) is 0 Å². The summed E-state index contributed by atoms with van der Waals surface area (Å²) in [7, 11) is 1.77. The first kappa shape index (κ1) is 20.1. The number of carbonyl (C=O) groups excluding carboxylic acids is 2. The van der Waals surface area contributed by atoms with Crippen molar-refractivity contribution in [1.29, 1.82) is 0 Å². The van der Waals surface area contributed by atoms with E-state index >= 15 is 0 Å². The van der Waals surface area contributed by atoms with Crippen molar-refractivity contribution >= 4 is 45.1 Å². The molecule has 0 unspecified atom stereocenters. The van der Waals surface area contributed by atoms with Gasteiger partial charge in [-0.3, -0.25) is 9.59 Å². The third kappa shape index (κ3) is 4.60. The van der Waals surface area contributed by atoms with Gasteiger partial charge in [-0.2, -0.15) is 0 Å². The minimum absolute atomic E-state index is 0.0250. The molecule has 0 atom stereocenters. The number of carbonyl (C=O) groups is 2. The average Bonchev–Trinajstić information content (AvgIpc) is 3.03. The second-order valence-electron chi connectivity index (χ2n) is 6.00. The number of anilines is 1. The Bertz CT molecular complexity index is 1030. The summed E-state index contributed by atoms with van der Waals surface area (Å²) in [6.45, 7) is 1.49. The third-order valence-electron chi connectivity index (χ3n) is 3.94. The maximum Gasteiger partial charge on any atom is 0.234 e. The number of rotatable bonds is 6. The molecule has 0 fully saturated rings. The van der Waals surface area contributed by atoms with Gasteiger partial charge < -0.3 is 15.0 Å². The van der Waals surface area contributed by atoms with Crippen LogP contribution in [0.4, 0.5) is 5.69 Å². The molecule has 0 spiro atoms. The van der Waals surface area contributed by atoms with Crippen molar-refractivity contribution in [2.45, 2.75) is 12.1 Å². The molecule has 28 heavy (non-hydrogen) atoms. The normalized spacial score (nSPS) is 10.7. The lowest BCUT2D eigenvalue weighted by atomic mass is 10.1. The van der Waals surface area contributed by atoms with Crippen LogP contribution in [0.5, 0.6) is 5.75 Å². The Morgan fingerprint density at radius 3 is 2.57 bits per heavy atom. The molecule has 0 bridgehead atoms. The van der Waals surface area contributed by atoms with Crippen LogP contribution < -0.4 is 5.32 Å². The van der Waals surface area contributed by atoms with Crippen molar-refractivity contribution in [1.82, 2.24) is 14.8 Å². The van der Waals surface area contributed by atoms with Crippen molar-refractivity contribution < 1.29 is 14.7 Å². The van der Waals surface area contributed by atoms with Crippen LogP contribution in [0.25, 0.3) is 11.4 Å². The quantitative estimate of drug-likeness (QED) is 0.427. The van der Waals surface area contributed by atoms with Crippen molar-refractivity contribution in [3.05, 3.63) is 52.5 Å². The highest BCUT2D eigenvalue weighted by Gasteiger charge is 2.16. The summed E-state index contributed by atoms with van der Waals surface area (Å²) in [5.74, 6) is 0.521. The van der Waals surface area contributed by atoms with E-state index in [4.69, 9.17) is 0 Å². The molecule has 2 aromatic carbocycles. The van der Waals surface area contributed by atoms with Crippen LogP contribution in [0.1, 0.15) is 17.3 Å². The molecule has 7 nitrogen and oxygen atoms in total. The zero-order valence-electron chi connectivity index (χ0n) is 15.1. The molecule has 2 N–H and O–H groups in total. The van der Waals surface area contributed by atoms with E-state index in [1.807, 2.05) is 0 Å². The van der Waals surface area contributed by atoms with Gasteiger partial charge in [-0.15, -0.1) is 10.2 Å². The topological polar surface area (TPSA) is 97.1 Å². The van der Waals surface area contributed by atoms with Crippen molar-refractivity contribution in [2.24, 2.45) is 7.05 Å². The number of nitrogens with zero attached hydrogens (tertiary/aromatic N) is 3. The zero-order valence-corrected chi connectivity index (χ0v) is 17.5. The standard InChI is InChI=1S/C19H17BrN4O3S/c1-11(25)12-3-6-14(7-4-12)21-17(27)10-28-19-23-22-18(24(19)2)15-9-13(20)5-8-16(15)26/h3-9,26H,10H2,1-2H3,(H,21,27). The number of aromatic nitrogens is 3. The summed E-state index contributed by atoms with van der Waals surface area (Å²) in [4.78, 5) is 23.5. The van der Waals surface area contributed by atoms with E-state index in [0.29, 0.717) is 27.8 Å². The Kier molecular flexibility index (Phi) is 6.15. The number of thioether (sulfide) groups is 1. The van der Waals surface area contributed by atoms with E-state index in [1.54, 1.807) is 54.1 Å². The fourth-order valence-corrected chi connectivity index (χ4v) is 3.55. The third-order valence-corrected chi connectivity index (χ3v) is 5.46. The van der Waals surface area contributed by atoms with E-state index in [2.05, 4.69) is 31.4 Å². The highest BCUT2D eigenvalue weighted by Crippen LogP contribution is 2.32. The van der Waals surface area contributed by atoms with Gasteiger partial charge >= 0.3 is 0 Å². The minimum Gasteiger partial charge on any atom is -0.507 e. The Morgan fingerprint density at radius 1 is 1.18 bits per heavy atom. The van der Waals surface area contributed by atoms with Crippen LogP contribution in [0.15, 0.2) is 52.1 Å². The number of halogens is 1. The summed E-state index contributed by atoms with van der Waals surface area (Å²) in [6.07, 6.45) is 0. The number of hydrogen-bond acceptors (Lipinski definition) is 6. The number of hydrogen-bond donors (Lipinski definition) is 2. The Labute approximate surface area is 174 Å². The zero-order chi connectivity index (χ0) is 20.3. The molecular formula is C19H17BrN4O3S. The minimum atomic E-state index is -0.199. The van der Waals surface area contributed by atoms with E-state index in [0.717, 1.165) is 4.47 Å². The van der Waals surface area contributed by atoms with Crippen LogP contribution in [0.2, 0.25) is 0 Å². The van der Waals surface area contributed by atoms with Crippen molar-refractivity contribution in [3.8, 4) is 17.1 Å². The number of ketones is 1. The van der Waals surface area contributed by atoms with Crippen molar-refractivity contribution in [2.75, 3.05) is 11.1 Å². The van der Waals surface area contributed by atoms with E-state index in [1.165, 1.54) is 18.7 Å². The highest BCUT2D eigenvalue weighted by atomic mass is 79.9. The molecule has 3 rings (SSSR count). The van der Waals surface area contributed by atoms with Crippen molar-refractivity contribution in [3.63, 3.8) is 0 Å². The highest BCUT2D eigenvalue weighted by molar-refractivity contribution is 9.10. The maximum absolute atomic E-state index is 12.2. The van der Waals surface area contributed by atoms with E-state index < -0.39 is 0 Å². The van der Waals surface area contributed by atoms with Gasteiger partial charge in [0, 0.05) is 22.8 Å². The van der Waals surface area contributed by atoms with Gasteiger partial charge in [-0.1, -0.05) is 27.7 Å². The summed E-state index contributed by atoms with van der Waals surface area (Å²) >= 11 is 4.61. The lowest BCUT2D eigenvalue weighted by Gasteiger charge is -2.07. The lowest BCUT2D eigenvalue weighted by molar-refractivity contribution is -0.113. The Balaban J connectivity index is 1.65. The first-order valence-electron chi connectivity index (χ1n) is 8.27. The molecule has 3 aromatic rings. The van der Waals surface area contributed by atoms with Crippen LogP contribution in [0.3, 0.4) is 0 Å². The molecule has 0 aliphatic heterocycles. The molecule has 1 aromatic heterocycles. The molecule has 0 saturated carbocycles. The molecule has 1 amide bonds. The number of nitrogens with one attached hydrogen (secondary N) is 1. The van der Waals surface area contributed by atoms with Crippen LogP contribution in [-0.4, -0.2) is 37.3 Å². The average molecular weight is 461 g/mol. The fraction of sp³-hybridized carbons (Fsp3) is 0.158. The first-order chi connectivity index (χ1) is 13.3. The van der Waals surface area contributed by atoms with Gasteiger partial charge in [-0.25, -0.2) is 0 Å². The van der Waals surface area contributed by atoms with Crippen LogP contribution in [0, 0.1) is 0 Å². The molecule has 0 saturated heterocycles. The maximum atomic E-state index is 12.2. The molecule has 0 radical (unpaired) electrons. The van der Waals surface area contributed by atoms with Gasteiger partial charge in [-0.05, 0) is 49.4 Å². The first-order valence-corrected chi connectivity index (χ1v) is 10.0. The predicted molar refractivity (Wildman–Crippen MR) is 112 cm³/mol. The largest absolute Gasteiger partial charge is 0.507 e. The number of phenolic OH excluding ortho intramolecular Hbond substituents is 1. The van der Waals surface area contributed by atoms with Gasteiger partial charge in [0.1, 0.15) is 5.75 Å². The number of phenols is 1. The smallest absolute Gasteiger partial charge is 0.234 e. The molecule has 0 aliphatic carbocycles. The number of aromatic hydroxyl groups is 1. The Hall–Kier alpha value is -2.65. The molecule has 144 valence electrons. The van der Waals surface area contributed by atoms with Gasteiger partial charge in [0.2, 0.25) is 5.91 Å². The molecular weight excluding hydrogens is 444 g/mol. The second kappa shape index (κ2) is 8.57. The second-order valence-corrected chi connectivity index (χ2v) is 7.86. The lowest BCUT2D eigenvalue weighted by Crippen LogP contribution is -2.14. The molecule has 9 heteroatoms. The van der Waals surface area contributed by atoms with E-state index in [-0.39, 0.29) is 23.2 Å². The Morgan fingerprint density at radius 2 is 1.89 bits per heavy atom.